The molecule has 19 heteroatoms. The number of nitrogens with one attached hydrogen (secondary N) is 2. The molecule has 2 aromatic heterocycles. The van der Waals surface area contributed by atoms with E-state index in [1.807, 2.05) is 0 Å². The maximum Gasteiger partial charge on any atom is 0.352 e. The smallest absolute Gasteiger partial charge is 0.352 e. The number of aliphatic carboxylic acids is 1. The van der Waals surface area contributed by atoms with Crippen molar-refractivity contribution in [2.24, 2.45) is 17.9 Å². The summed E-state index contributed by atoms with van der Waals surface area (Å²) in [5.74, 6) is -1.60. The zero-order valence-electron chi connectivity index (χ0n) is 19.9. The molecule has 1 fully saturated rings. The molecule has 2 amide bonds. The van der Waals surface area contributed by atoms with Crippen molar-refractivity contribution in [3.05, 3.63) is 22.3 Å². The van der Waals surface area contributed by atoms with Gasteiger partial charge in [-0.2, -0.15) is 0 Å². The van der Waals surface area contributed by atoms with Gasteiger partial charge < -0.3 is 31.3 Å². The van der Waals surface area contributed by atoms with Crippen molar-refractivity contribution < 1.29 is 24.3 Å². The lowest BCUT2D eigenvalue weighted by Crippen LogP contribution is -2.71. The minimum Gasteiger partial charge on any atom is -0.477 e. The number of hydrogen-bond acceptors (Lipinski definition) is 14. The highest BCUT2D eigenvalue weighted by Crippen LogP contribution is 2.41. The summed E-state index contributed by atoms with van der Waals surface area (Å²) >= 11 is 5.01. The number of hydrogen-bond donors (Lipinski definition) is 5. The summed E-state index contributed by atoms with van der Waals surface area (Å²) in [7, 11) is 3.03. The quantitative estimate of drug-likeness (QED) is 0.0741. The molecule has 7 N–H and O–H groups in total. The third-order valence-corrected chi connectivity index (χ3v) is 9.41. The second-order valence-electron chi connectivity index (χ2n) is 7.74. The van der Waals surface area contributed by atoms with Crippen LogP contribution >= 0.6 is 46.6 Å². The number of amidine groups is 1. The number of β-lactam (4-membered cyclic amide) rings is 1. The molecule has 0 spiro atoms. The number of carbonyl (C=O) groups is 3. The minimum absolute atomic E-state index is 0.0148. The Labute approximate surface area is 232 Å². The van der Waals surface area contributed by atoms with Crippen LogP contribution in [0, 0.1) is 5.41 Å². The number of thioether (sulfide) groups is 3. The maximum absolute atomic E-state index is 13.0. The molecular formula is C19H22N10O5S4. The molecule has 2 atom stereocenters. The second kappa shape index (κ2) is 11.6. The Hall–Kier alpha value is -3.29. The summed E-state index contributed by atoms with van der Waals surface area (Å²) < 4.78 is 1.73. The summed E-state index contributed by atoms with van der Waals surface area (Å²) in [5.41, 5.74) is 11.5. The van der Waals surface area contributed by atoms with Crippen LogP contribution in [0.5, 0.6) is 0 Å². The van der Waals surface area contributed by atoms with Gasteiger partial charge in [0.1, 0.15) is 35.8 Å². The summed E-state index contributed by atoms with van der Waals surface area (Å²) in [6.07, 6.45) is 0. The van der Waals surface area contributed by atoms with Crippen molar-refractivity contribution in [2.45, 2.75) is 21.7 Å². The van der Waals surface area contributed by atoms with Gasteiger partial charge in [-0.25, -0.2) is 9.78 Å². The molecule has 4 rings (SSSR count). The molecule has 15 nitrogen and oxygen atoms in total. The molecule has 38 heavy (non-hydrogen) atoms. The van der Waals surface area contributed by atoms with Crippen LogP contribution in [0.15, 0.2) is 32.1 Å². The van der Waals surface area contributed by atoms with Crippen LogP contribution in [0.2, 0.25) is 0 Å². The highest BCUT2D eigenvalue weighted by molar-refractivity contribution is 8.01. The first-order valence-corrected chi connectivity index (χ1v) is 14.5. The highest BCUT2D eigenvalue weighted by atomic mass is 32.2. The standard InChI is InChI=1S/C19H22N10O5S4/c1-28-18(25-26-19(28)38-6-9(20)21)37-4-7-3-35-15-11(14(31)29(15)12(7)16(32)33)24-13(30)10(27-34-2)8-5-36-17(22)23-8/h5,11,15H,3-4,6H2,1-2H3,(H3,20,21)(H2,22,23)(H,24,30)(H,32,33)/t11-,15+/m1/s1. The van der Waals surface area contributed by atoms with Crippen molar-refractivity contribution in [3.8, 4) is 0 Å². The Morgan fingerprint density at radius 2 is 2.08 bits per heavy atom. The zero-order chi connectivity index (χ0) is 27.6. The number of oxime groups is 1. The van der Waals surface area contributed by atoms with Crippen molar-refractivity contribution in [2.75, 3.05) is 30.1 Å². The number of carbonyl (C=O) groups excluding carboxylic acids is 2. The van der Waals surface area contributed by atoms with Gasteiger partial charge in [0.2, 0.25) is 0 Å². The fourth-order valence-corrected chi connectivity index (χ4v) is 7.21. The maximum atomic E-state index is 13.0. The highest BCUT2D eigenvalue weighted by Gasteiger charge is 2.54. The van der Waals surface area contributed by atoms with Gasteiger partial charge in [-0.15, -0.1) is 33.3 Å². The number of amides is 2. The van der Waals surface area contributed by atoms with Gasteiger partial charge in [-0.1, -0.05) is 28.7 Å². The first-order valence-electron chi connectivity index (χ1n) is 10.6. The van der Waals surface area contributed by atoms with Gasteiger partial charge in [-0.3, -0.25) is 19.9 Å². The van der Waals surface area contributed by atoms with Crippen LogP contribution in [0.3, 0.4) is 0 Å². The number of fused-ring (bicyclic) bond motifs is 1. The van der Waals surface area contributed by atoms with Gasteiger partial charge >= 0.3 is 5.97 Å². The fourth-order valence-electron chi connectivity index (χ4n) is 3.54. The zero-order valence-corrected chi connectivity index (χ0v) is 23.2. The molecule has 1 saturated heterocycles. The first-order chi connectivity index (χ1) is 18.1. The molecule has 0 aromatic carbocycles. The number of aromatic nitrogens is 4. The third-order valence-electron chi connectivity index (χ3n) is 5.23. The molecule has 0 unspecified atom stereocenters. The van der Waals surface area contributed by atoms with Crippen LogP contribution in [-0.4, -0.2) is 94.9 Å². The molecule has 202 valence electrons. The SMILES string of the molecule is CON=C(C(=O)N[C@@H]1C(=O)N2C(C(=O)O)=C(CSc3nnc(SCC(=N)N)n3C)CS[C@@H]12)c1csc(N)n1. The number of nitrogens with zero attached hydrogens (tertiary/aromatic N) is 6. The summed E-state index contributed by atoms with van der Waals surface area (Å²) in [5, 5.41) is 34.1. The Balaban J connectivity index is 1.46. The van der Waals surface area contributed by atoms with Gasteiger partial charge in [0.05, 0.1) is 5.75 Å². The minimum atomic E-state index is -1.24. The summed E-state index contributed by atoms with van der Waals surface area (Å²) in [4.78, 5) is 48.0. The molecule has 0 radical (unpaired) electrons. The Bertz CT molecular complexity index is 1360. The molecule has 2 aliphatic rings. The number of anilines is 1. The van der Waals surface area contributed by atoms with E-state index in [9.17, 15) is 19.5 Å². The lowest BCUT2D eigenvalue weighted by Gasteiger charge is -2.49. The van der Waals surface area contributed by atoms with Crippen LogP contribution in [0.25, 0.3) is 0 Å². The predicted molar refractivity (Wildman–Crippen MR) is 144 cm³/mol. The van der Waals surface area contributed by atoms with E-state index in [-0.39, 0.29) is 39.6 Å². The van der Waals surface area contributed by atoms with E-state index >= 15 is 0 Å². The summed E-state index contributed by atoms with van der Waals surface area (Å²) in [6.45, 7) is 0. The van der Waals surface area contributed by atoms with Gasteiger partial charge in [-0.05, 0) is 5.57 Å². The lowest BCUT2D eigenvalue weighted by molar-refractivity contribution is -0.150. The first kappa shape index (κ1) is 27.7. The normalized spacial score (nSPS) is 19.2. The number of nitrogens with two attached hydrogens (primary N) is 2. The Morgan fingerprint density at radius 1 is 1.37 bits per heavy atom. The molecule has 2 aromatic rings. The second-order valence-corrected chi connectivity index (χ2v) is 11.6. The van der Waals surface area contributed by atoms with Crippen LogP contribution in [0.1, 0.15) is 5.69 Å². The van der Waals surface area contributed by atoms with Crippen LogP contribution in [0.4, 0.5) is 5.13 Å². The van der Waals surface area contributed by atoms with Crippen LogP contribution in [-0.2, 0) is 26.3 Å². The van der Waals surface area contributed by atoms with Crippen molar-refractivity contribution in [3.63, 3.8) is 0 Å². The predicted octanol–water partition coefficient (Wildman–Crippen LogP) is -0.237. The average Bonchev–Trinajstić information content (AvgIpc) is 3.46. The number of thiazole rings is 1. The number of rotatable bonds is 11. The topological polar surface area (TPSA) is 228 Å². The number of carboxylic acids is 1. The van der Waals surface area contributed by atoms with E-state index in [0.29, 0.717) is 21.6 Å². The van der Waals surface area contributed by atoms with Crippen molar-refractivity contribution in [1.29, 1.82) is 5.41 Å². The number of carboxylic acid groups (broad SMARTS) is 1. The van der Waals surface area contributed by atoms with Gasteiger partial charge in [0.25, 0.3) is 11.8 Å². The van der Waals surface area contributed by atoms with Gasteiger partial charge in [0.15, 0.2) is 21.2 Å². The molecule has 4 heterocycles. The largest absolute Gasteiger partial charge is 0.477 e. The van der Waals surface area contributed by atoms with E-state index in [4.69, 9.17) is 21.7 Å². The summed E-state index contributed by atoms with van der Waals surface area (Å²) in [6, 6.07) is -0.950. The third kappa shape index (κ3) is 5.59. The molecule has 0 bridgehead atoms. The van der Waals surface area contributed by atoms with E-state index in [2.05, 4.69) is 25.7 Å². The monoisotopic (exact) mass is 598 g/mol. The fraction of sp³-hybridized carbons (Fsp3) is 0.368. The van der Waals surface area contributed by atoms with Gasteiger partial charge in [0, 0.05) is 23.9 Å². The molecular weight excluding hydrogens is 577 g/mol. The Morgan fingerprint density at radius 3 is 2.68 bits per heavy atom. The Kier molecular flexibility index (Phi) is 8.48. The van der Waals surface area contributed by atoms with Crippen molar-refractivity contribution >= 4 is 81.1 Å². The van der Waals surface area contributed by atoms with E-state index in [1.54, 1.807) is 11.6 Å². The molecule has 0 saturated carbocycles. The van der Waals surface area contributed by atoms with E-state index < -0.39 is 29.2 Å². The molecule has 0 aliphatic carbocycles. The lowest BCUT2D eigenvalue weighted by atomic mass is 10.0. The average molecular weight is 599 g/mol. The van der Waals surface area contributed by atoms with E-state index in [0.717, 1.165) is 11.3 Å². The molecule has 2 aliphatic heterocycles. The van der Waals surface area contributed by atoms with E-state index in [1.165, 1.54) is 52.7 Å². The van der Waals surface area contributed by atoms with Crippen LogP contribution < -0.4 is 16.8 Å². The number of nitrogen functional groups attached to an aromatic ring is 1. The van der Waals surface area contributed by atoms with Crippen molar-refractivity contribution in [1.82, 2.24) is 30.0 Å².